The Balaban J connectivity index is 2.20. The summed E-state index contributed by atoms with van der Waals surface area (Å²) in [5.41, 5.74) is 0.707. The van der Waals surface area contributed by atoms with Crippen LogP contribution >= 0.6 is 15.9 Å². The fourth-order valence-electron chi connectivity index (χ4n) is 2.27. The van der Waals surface area contributed by atoms with Gasteiger partial charge in [0.05, 0.1) is 6.42 Å². The van der Waals surface area contributed by atoms with Crippen molar-refractivity contribution >= 4 is 33.7 Å². The van der Waals surface area contributed by atoms with Crippen LogP contribution in [0.15, 0.2) is 28.7 Å². The lowest BCUT2D eigenvalue weighted by Gasteiger charge is -2.35. The highest BCUT2D eigenvalue weighted by molar-refractivity contribution is 9.10. The lowest BCUT2D eigenvalue weighted by Crippen LogP contribution is -2.52. The molecule has 0 aliphatic carbocycles. The number of amides is 2. The molecule has 1 unspecified atom stereocenters. The number of carboxylic acids is 1. The number of halogens is 1. The van der Waals surface area contributed by atoms with E-state index in [4.69, 9.17) is 5.11 Å². The molecule has 0 saturated carbocycles. The summed E-state index contributed by atoms with van der Waals surface area (Å²) in [6, 6.07) is 6.45. The zero-order valence-corrected chi connectivity index (χ0v) is 12.8. The summed E-state index contributed by atoms with van der Waals surface area (Å²) in [6.07, 6.45) is -0.334. The summed E-state index contributed by atoms with van der Waals surface area (Å²) in [4.78, 5) is 36.3. The van der Waals surface area contributed by atoms with Crippen LogP contribution in [-0.2, 0) is 14.4 Å². The Bertz CT molecular complexity index is 559. The van der Waals surface area contributed by atoms with Gasteiger partial charge in [0, 0.05) is 24.0 Å². The molecule has 1 aliphatic heterocycles. The van der Waals surface area contributed by atoms with Gasteiger partial charge in [-0.3, -0.25) is 14.4 Å². The second-order valence-electron chi connectivity index (χ2n) is 4.73. The minimum Gasteiger partial charge on any atom is -0.481 e. The van der Waals surface area contributed by atoms with E-state index >= 15 is 0 Å². The van der Waals surface area contributed by atoms with E-state index in [9.17, 15) is 14.4 Å². The number of hydrogen-bond acceptors (Lipinski definition) is 3. The monoisotopic (exact) mass is 354 g/mol. The number of nitrogens with one attached hydrogen (secondary N) is 1. The first-order valence-corrected chi connectivity index (χ1v) is 7.33. The van der Waals surface area contributed by atoms with Crippen LogP contribution in [-0.4, -0.2) is 40.9 Å². The maximum atomic E-state index is 12.2. The standard InChI is InChI=1S/C14H15BrN2O4/c15-10-3-1-9(2-4-10)13-14(21)16-7-8-17(13)11(18)5-6-12(19)20/h1-4,13H,5-8H2,(H,16,21)(H,19,20). The Morgan fingerprint density at radius 2 is 1.95 bits per heavy atom. The normalized spacial score (nSPS) is 18.2. The molecule has 0 spiro atoms. The number of rotatable bonds is 4. The molecule has 6 nitrogen and oxygen atoms in total. The van der Waals surface area contributed by atoms with E-state index in [1.807, 2.05) is 0 Å². The van der Waals surface area contributed by atoms with Gasteiger partial charge >= 0.3 is 5.97 Å². The Kier molecular flexibility index (Phi) is 4.95. The van der Waals surface area contributed by atoms with Crippen molar-refractivity contribution in [3.8, 4) is 0 Å². The summed E-state index contributed by atoms with van der Waals surface area (Å²) in [5.74, 6) is -1.59. The Morgan fingerprint density at radius 1 is 1.29 bits per heavy atom. The number of hydrogen-bond donors (Lipinski definition) is 2. The third-order valence-electron chi connectivity index (χ3n) is 3.27. The Morgan fingerprint density at radius 3 is 2.57 bits per heavy atom. The van der Waals surface area contributed by atoms with E-state index < -0.39 is 12.0 Å². The molecule has 1 aromatic carbocycles. The number of aliphatic carboxylic acids is 1. The second-order valence-corrected chi connectivity index (χ2v) is 5.64. The van der Waals surface area contributed by atoms with Crippen LogP contribution in [0.2, 0.25) is 0 Å². The van der Waals surface area contributed by atoms with Gasteiger partial charge in [-0.25, -0.2) is 0 Å². The molecule has 2 rings (SSSR count). The van der Waals surface area contributed by atoms with Crippen molar-refractivity contribution < 1.29 is 19.5 Å². The van der Waals surface area contributed by atoms with E-state index in [1.165, 1.54) is 4.90 Å². The molecule has 1 fully saturated rings. The number of piperazine rings is 1. The molecule has 1 saturated heterocycles. The van der Waals surface area contributed by atoms with E-state index in [0.29, 0.717) is 18.7 Å². The number of carboxylic acid groups (broad SMARTS) is 1. The molecular formula is C14H15BrN2O4. The zero-order valence-electron chi connectivity index (χ0n) is 11.2. The van der Waals surface area contributed by atoms with Gasteiger partial charge in [0.1, 0.15) is 6.04 Å². The molecule has 0 bridgehead atoms. The molecule has 2 amide bonds. The number of nitrogens with zero attached hydrogens (tertiary/aromatic N) is 1. The molecule has 1 aliphatic rings. The van der Waals surface area contributed by atoms with Crippen molar-refractivity contribution in [2.45, 2.75) is 18.9 Å². The first-order valence-electron chi connectivity index (χ1n) is 6.53. The Labute approximate surface area is 130 Å². The topological polar surface area (TPSA) is 86.7 Å². The highest BCUT2D eigenvalue weighted by Gasteiger charge is 2.34. The van der Waals surface area contributed by atoms with Crippen LogP contribution in [0.25, 0.3) is 0 Å². The van der Waals surface area contributed by atoms with Crippen molar-refractivity contribution in [2.24, 2.45) is 0 Å². The first-order chi connectivity index (χ1) is 9.99. The van der Waals surface area contributed by atoms with E-state index in [2.05, 4.69) is 21.2 Å². The molecule has 0 aromatic heterocycles. The number of carbonyl (C=O) groups is 3. The molecule has 7 heteroatoms. The molecule has 1 heterocycles. The third-order valence-corrected chi connectivity index (χ3v) is 3.80. The largest absolute Gasteiger partial charge is 0.481 e. The minimum atomic E-state index is -1.02. The van der Waals surface area contributed by atoms with Gasteiger partial charge in [-0.1, -0.05) is 28.1 Å². The first kappa shape index (κ1) is 15.5. The van der Waals surface area contributed by atoms with Gasteiger partial charge in [0.25, 0.3) is 0 Å². The van der Waals surface area contributed by atoms with Gasteiger partial charge in [0.2, 0.25) is 11.8 Å². The van der Waals surface area contributed by atoms with Crippen LogP contribution in [0.4, 0.5) is 0 Å². The molecule has 21 heavy (non-hydrogen) atoms. The summed E-state index contributed by atoms with van der Waals surface area (Å²) in [5, 5.41) is 11.4. The van der Waals surface area contributed by atoms with Gasteiger partial charge in [0.15, 0.2) is 0 Å². The summed E-state index contributed by atoms with van der Waals surface area (Å²) in [6.45, 7) is 0.760. The van der Waals surface area contributed by atoms with Crippen LogP contribution in [0.1, 0.15) is 24.4 Å². The average molecular weight is 355 g/mol. The van der Waals surface area contributed by atoms with Crippen LogP contribution in [0.5, 0.6) is 0 Å². The van der Waals surface area contributed by atoms with Gasteiger partial charge < -0.3 is 15.3 Å². The zero-order chi connectivity index (χ0) is 15.4. The van der Waals surface area contributed by atoms with E-state index in [0.717, 1.165) is 4.47 Å². The smallest absolute Gasteiger partial charge is 0.303 e. The van der Waals surface area contributed by atoms with Crippen molar-refractivity contribution in [1.29, 1.82) is 0 Å². The summed E-state index contributed by atoms with van der Waals surface area (Å²) < 4.78 is 0.881. The highest BCUT2D eigenvalue weighted by atomic mass is 79.9. The fourth-order valence-corrected chi connectivity index (χ4v) is 2.53. The van der Waals surface area contributed by atoms with Crippen LogP contribution < -0.4 is 5.32 Å². The molecular weight excluding hydrogens is 340 g/mol. The minimum absolute atomic E-state index is 0.102. The number of carbonyl (C=O) groups excluding carboxylic acids is 2. The van der Waals surface area contributed by atoms with Crippen molar-refractivity contribution in [1.82, 2.24) is 10.2 Å². The van der Waals surface area contributed by atoms with Crippen LogP contribution in [0.3, 0.4) is 0 Å². The maximum Gasteiger partial charge on any atom is 0.303 e. The van der Waals surface area contributed by atoms with Gasteiger partial charge in [-0.15, -0.1) is 0 Å². The second kappa shape index (κ2) is 6.71. The molecule has 0 radical (unpaired) electrons. The molecule has 1 atom stereocenters. The third kappa shape index (κ3) is 3.81. The van der Waals surface area contributed by atoms with Gasteiger partial charge in [-0.2, -0.15) is 0 Å². The van der Waals surface area contributed by atoms with E-state index in [1.54, 1.807) is 24.3 Å². The quantitative estimate of drug-likeness (QED) is 0.853. The average Bonchev–Trinajstić information content (AvgIpc) is 2.45. The van der Waals surface area contributed by atoms with E-state index in [-0.39, 0.29) is 24.7 Å². The maximum absolute atomic E-state index is 12.2. The molecule has 2 N–H and O–H groups in total. The molecule has 1 aromatic rings. The highest BCUT2D eigenvalue weighted by Crippen LogP contribution is 2.25. The summed E-state index contributed by atoms with van der Waals surface area (Å²) >= 11 is 3.32. The lowest BCUT2D eigenvalue weighted by molar-refractivity contribution is -0.146. The lowest BCUT2D eigenvalue weighted by atomic mass is 10.0. The predicted molar refractivity (Wildman–Crippen MR) is 78.5 cm³/mol. The molecule has 112 valence electrons. The van der Waals surface area contributed by atoms with Gasteiger partial charge in [-0.05, 0) is 17.7 Å². The van der Waals surface area contributed by atoms with Crippen molar-refractivity contribution in [3.05, 3.63) is 34.3 Å². The predicted octanol–water partition coefficient (Wildman–Crippen LogP) is 1.31. The fraction of sp³-hybridized carbons (Fsp3) is 0.357. The van der Waals surface area contributed by atoms with Crippen molar-refractivity contribution in [3.63, 3.8) is 0 Å². The number of benzene rings is 1. The van der Waals surface area contributed by atoms with Crippen molar-refractivity contribution in [2.75, 3.05) is 13.1 Å². The summed E-state index contributed by atoms with van der Waals surface area (Å²) in [7, 11) is 0. The SMILES string of the molecule is O=C(O)CCC(=O)N1CCNC(=O)C1c1ccc(Br)cc1. The van der Waals surface area contributed by atoms with Crippen LogP contribution in [0, 0.1) is 0 Å². The Hall–Kier alpha value is -1.89.